The monoisotopic (exact) mass is 1020 g/mol. The Bertz CT molecular complexity index is 2430. The Morgan fingerprint density at radius 3 is 1.59 bits per heavy atom. The minimum Gasteiger partial charge on any atom is -0.446 e. The molecule has 4 saturated carbocycles. The van der Waals surface area contributed by atoms with Crippen molar-refractivity contribution in [1.82, 2.24) is 30.0 Å². The van der Waals surface area contributed by atoms with Crippen molar-refractivity contribution in [3.8, 4) is 10.4 Å². The Hall–Kier alpha value is -3.86. The minimum absolute atomic E-state index is 0.111. The Kier molecular flexibility index (Phi) is 17.5. The van der Waals surface area contributed by atoms with Crippen molar-refractivity contribution < 1.29 is 35.9 Å². The summed E-state index contributed by atoms with van der Waals surface area (Å²) >= 11 is 6.70. The number of halogens is 1. The molecule has 2 heterocycles. The number of carbonyl (C=O) groups excluding carboxylic acids is 2. The number of anilines is 2. The number of rotatable bonds is 13. The second-order valence-electron chi connectivity index (χ2n) is 16.4. The van der Waals surface area contributed by atoms with Crippen LogP contribution in [0.5, 0.6) is 0 Å². The number of carbonyl (C=O) groups is 2. The molecule has 8 rings (SSSR count). The standard InChI is InChI=1S/C21H28N4O4S2.C13H17BrN2O2S.C9H14N2O2S/c1-2-24-31(27,28)19-11-14(22)5-10-17(19)18-12-23-20(30-18)13-3-6-15(7-4-13)25-21(26)29-16-8-9-16;14-11-7-15-12(19-11)8-1-3-9(4-2-8)16-13(17)18-10-5-6-10;1-3-11-14(12,13)9-6-8(10)5-4-7(9)2/h5,10-13,15-16,24H,2-4,6-9,22H2,1H3,(H,25,26);7-10H,1-6H2,(H,16,17);4-6,11H,3,10H2,1-2H3. The molecular weight excluding hydrogens is 965 g/mol. The van der Waals surface area contributed by atoms with E-state index in [0.717, 1.165) is 90.7 Å². The highest BCUT2D eigenvalue weighted by atomic mass is 79.9. The smallest absolute Gasteiger partial charge is 0.407 e. The first-order valence-corrected chi connectivity index (χ1v) is 27.2. The lowest BCUT2D eigenvalue weighted by atomic mass is 9.86. The van der Waals surface area contributed by atoms with Gasteiger partial charge in [0.05, 0.1) is 34.7 Å². The maximum absolute atomic E-state index is 12.7. The topological polar surface area (TPSA) is 247 Å². The molecule has 350 valence electrons. The Morgan fingerprint density at radius 2 is 1.12 bits per heavy atom. The molecule has 16 nitrogen and oxygen atoms in total. The van der Waals surface area contributed by atoms with Crippen LogP contribution >= 0.6 is 38.6 Å². The molecule has 2 amide bonds. The second-order valence-corrected chi connectivity index (χ2v) is 23.4. The summed E-state index contributed by atoms with van der Waals surface area (Å²) < 4.78 is 65.1. The molecule has 4 aliphatic carbocycles. The molecule has 64 heavy (non-hydrogen) atoms. The van der Waals surface area contributed by atoms with Crippen LogP contribution in [-0.4, -0.2) is 76.4 Å². The fraction of sp³-hybridized carbons (Fsp3) is 0.535. The van der Waals surface area contributed by atoms with Crippen molar-refractivity contribution in [2.45, 2.75) is 144 Å². The average molecular weight is 1020 g/mol. The first-order chi connectivity index (χ1) is 30.5. The maximum atomic E-state index is 12.7. The summed E-state index contributed by atoms with van der Waals surface area (Å²) in [5.74, 6) is 0.854. The summed E-state index contributed by atoms with van der Waals surface area (Å²) in [6, 6.07) is 10.2. The summed E-state index contributed by atoms with van der Waals surface area (Å²) in [6.07, 6.45) is 15.2. The van der Waals surface area contributed by atoms with Gasteiger partial charge >= 0.3 is 12.2 Å². The molecule has 0 unspecified atom stereocenters. The van der Waals surface area contributed by atoms with E-state index in [9.17, 15) is 26.4 Å². The summed E-state index contributed by atoms with van der Waals surface area (Å²) in [5, 5.41) is 8.16. The van der Waals surface area contributed by atoms with E-state index in [0.29, 0.717) is 47.4 Å². The van der Waals surface area contributed by atoms with Crippen LogP contribution in [0.15, 0.2) is 62.4 Å². The fourth-order valence-corrected chi connectivity index (χ4v) is 12.7. The van der Waals surface area contributed by atoms with Gasteiger partial charge in [-0.3, -0.25) is 0 Å². The molecule has 0 radical (unpaired) electrons. The SMILES string of the molecule is CCNS(=O)(=O)c1cc(N)ccc1-c1cnc(C2CCC(NC(=O)OC3CC3)CC2)s1.CCNS(=O)(=O)c1cc(N)ccc1C.O=C(NC1CCC(c2ncc(Br)s2)CC1)OC1CC1. The van der Waals surface area contributed by atoms with E-state index >= 15 is 0 Å². The van der Waals surface area contributed by atoms with Gasteiger partial charge in [0.15, 0.2) is 0 Å². The lowest BCUT2D eigenvalue weighted by molar-refractivity contribution is 0.131. The third-order valence-corrected chi connectivity index (χ3v) is 17.2. The molecule has 2 aromatic carbocycles. The normalized spacial score (nSPS) is 21.0. The molecule has 0 atom stereocenters. The third-order valence-electron chi connectivity index (χ3n) is 11.1. The van der Waals surface area contributed by atoms with Gasteiger partial charge in [0.2, 0.25) is 20.0 Å². The van der Waals surface area contributed by atoms with Crippen molar-refractivity contribution in [2.75, 3.05) is 24.6 Å². The number of nitrogens with zero attached hydrogens (tertiary/aromatic N) is 2. The van der Waals surface area contributed by atoms with Crippen LogP contribution in [0.2, 0.25) is 0 Å². The number of thiazole rings is 2. The molecule has 0 spiro atoms. The van der Waals surface area contributed by atoms with Gasteiger partial charge in [0, 0.05) is 60.1 Å². The summed E-state index contributed by atoms with van der Waals surface area (Å²) in [6.45, 7) is 5.89. The number of sulfonamides is 2. The lowest BCUT2D eigenvalue weighted by Gasteiger charge is -2.27. The Labute approximate surface area is 392 Å². The molecule has 0 saturated heterocycles. The zero-order chi connectivity index (χ0) is 46.0. The zero-order valence-corrected chi connectivity index (χ0v) is 41.2. The first-order valence-electron chi connectivity index (χ1n) is 21.8. The van der Waals surface area contributed by atoms with Crippen LogP contribution in [0, 0.1) is 6.92 Å². The lowest BCUT2D eigenvalue weighted by Crippen LogP contribution is -2.38. The molecule has 21 heteroatoms. The van der Waals surface area contributed by atoms with Gasteiger partial charge in [-0.2, -0.15) is 0 Å². The number of ether oxygens (including phenoxy) is 2. The van der Waals surface area contributed by atoms with E-state index in [-0.39, 0.29) is 46.3 Å². The fourth-order valence-electron chi connectivity index (χ4n) is 7.51. The molecule has 4 fully saturated rings. The number of amides is 2. The van der Waals surface area contributed by atoms with Crippen LogP contribution in [0.1, 0.15) is 118 Å². The van der Waals surface area contributed by atoms with Crippen molar-refractivity contribution in [2.24, 2.45) is 0 Å². The number of hydrogen-bond donors (Lipinski definition) is 6. The zero-order valence-electron chi connectivity index (χ0n) is 36.3. The number of aryl methyl sites for hydroxylation is 1. The number of hydrogen-bond acceptors (Lipinski definition) is 14. The number of alkyl carbamates (subject to hydrolysis) is 2. The Morgan fingerprint density at radius 1 is 0.672 bits per heavy atom. The van der Waals surface area contributed by atoms with E-state index in [4.69, 9.17) is 20.9 Å². The molecule has 0 bridgehead atoms. The molecule has 4 aromatic rings. The van der Waals surface area contributed by atoms with Gasteiger partial charge in [-0.25, -0.2) is 45.8 Å². The van der Waals surface area contributed by atoms with Crippen LogP contribution in [0.25, 0.3) is 10.4 Å². The minimum atomic E-state index is -3.65. The molecule has 0 aliphatic heterocycles. The number of nitrogen functional groups attached to an aromatic ring is 2. The average Bonchev–Trinajstić information content (AvgIpc) is 4.16. The quantitative estimate of drug-likeness (QED) is 0.0693. The van der Waals surface area contributed by atoms with Gasteiger partial charge in [0.1, 0.15) is 12.2 Å². The van der Waals surface area contributed by atoms with Crippen LogP contribution in [0.3, 0.4) is 0 Å². The second kappa shape index (κ2) is 22.6. The van der Waals surface area contributed by atoms with Gasteiger partial charge in [-0.15, -0.1) is 22.7 Å². The predicted molar refractivity (Wildman–Crippen MR) is 254 cm³/mol. The van der Waals surface area contributed by atoms with Crippen molar-refractivity contribution in [3.05, 3.63) is 68.2 Å². The third kappa shape index (κ3) is 14.6. The van der Waals surface area contributed by atoms with Crippen molar-refractivity contribution >= 4 is 82.2 Å². The van der Waals surface area contributed by atoms with Gasteiger partial charge < -0.3 is 31.6 Å². The number of nitrogens with two attached hydrogens (primary N) is 2. The maximum Gasteiger partial charge on any atom is 0.407 e. The van der Waals surface area contributed by atoms with Crippen LogP contribution in [0.4, 0.5) is 21.0 Å². The van der Waals surface area contributed by atoms with Gasteiger partial charge in [-0.05, 0) is 130 Å². The van der Waals surface area contributed by atoms with Crippen molar-refractivity contribution in [1.29, 1.82) is 0 Å². The number of benzene rings is 2. The predicted octanol–water partition coefficient (Wildman–Crippen LogP) is 8.30. The molecule has 4 aliphatic rings. The summed E-state index contributed by atoms with van der Waals surface area (Å²) in [7, 11) is -7.05. The van der Waals surface area contributed by atoms with E-state index in [1.165, 1.54) is 28.5 Å². The first kappa shape index (κ1) is 49.6. The molecule has 8 N–H and O–H groups in total. The number of aromatic nitrogens is 2. The van der Waals surface area contributed by atoms with Crippen LogP contribution < -0.4 is 31.5 Å². The van der Waals surface area contributed by atoms with Gasteiger partial charge in [-0.1, -0.05) is 26.0 Å². The highest BCUT2D eigenvalue weighted by Crippen LogP contribution is 2.40. The van der Waals surface area contributed by atoms with E-state index in [2.05, 4.69) is 46.0 Å². The largest absolute Gasteiger partial charge is 0.446 e. The molecular formula is C43H59BrN8O8S4. The Balaban J connectivity index is 0.000000175. The van der Waals surface area contributed by atoms with E-state index in [1.54, 1.807) is 62.6 Å². The van der Waals surface area contributed by atoms with Crippen LogP contribution in [-0.2, 0) is 29.5 Å². The van der Waals surface area contributed by atoms with E-state index < -0.39 is 20.0 Å². The highest BCUT2D eigenvalue weighted by molar-refractivity contribution is 9.11. The van der Waals surface area contributed by atoms with Gasteiger partial charge in [0.25, 0.3) is 0 Å². The van der Waals surface area contributed by atoms with E-state index in [1.807, 2.05) is 6.20 Å². The summed E-state index contributed by atoms with van der Waals surface area (Å²) in [5.41, 5.74) is 13.5. The number of nitrogens with one attached hydrogen (secondary N) is 4. The van der Waals surface area contributed by atoms with Crippen molar-refractivity contribution in [3.63, 3.8) is 0 Å². The highest BCUT2D eigenvalue weighted by Gasteiger charge is 2.31. The summed E-state index contributed by atoms with van der Waals surface area (Å²) in [4.78, 5) is 33.7. The molecule has 2 aromatic heterocycles.